The predicted octanol–water partition coefficient (Wildman–Crippen LogP) is -3.55. The van der Waals surface area contributed by atoms with Gasteiger partial charge >= 0.3 is 19.9 Å². The molecule has 0 aromatic carbocycles. The van der Waals surface area contributed by atoms with Crippen LogP contribution < -0.4 is 11.5 Å². The first kappa shape index (κ1) is 24.4. The maximum Gasteiger partial charge on any atom is 2.00 e. The van der Waals surface area contributed by atoms with E-state index in [9.17, 15) is 0 Å². The van der Waals surface area contributed by atoms with Crippen molar-refractivity contribution in [2.45, 2.75) is 0 Å². The number of hydrogen-bond donors (Lipinski definition) is 2. The molecule has 10 nitrogen and oxygen atoms in total. The first-order valence-corrected chi connectivity index (χ1v) is 5.32. The van der Waals surface area contributed by atoms with Gasteiger partial charge in [-0.3, -0.25) is 16.8 Å². The van der Waals surface area contributed by atoms with Crippen LogP contribution in [0, 0.1) is 0 Å². The Morgan fingerprint density at radius 3 is 0.867 bits per heavy atom. The van der Waals surface area contributed by atoms with Gasteiger partial charge in [-0.05, 0) is 0 Å². The normalized spacial score (nSPS) is 9.73. The van der Waals surface area contributed by atoms with Crippen molar-refractivity contribution in [1.82, 2.24) is 0 Å². The Hall–Kier alpha value is 0.179. The molecule has 0 aromatic rings. The van der Waals surface area contributed by atoms with Gasteiger partial charge in [-0.1, -0.05) is 0 Å². The van der Waals surface area contributed by atoms with E-state index < -0.39 is 20.8 Å². The second kappa shape index (κ2) is 12.3. The van der Waals surface area contributed by atoms with Crippen LogP contribution in [-0.2, 0) is 37.9 Å². The minimum atomic E-state index is -5.17. The molecule has 0 unspecified atom stereocenters. The third-order valence-corrected chi connectivity index (χ3v) is 0.167. The summed E-state index contributed by atoms with van der Waals surface area (Å²) in [6.45, 7) is 1.19. The van der Waals surface area contributed by atoms with Crippen LogP contribution in [0.1, 0.15) is 2.85 Å². The van der Waals surface area contributed by atoms with Crippen molar-refractivity contribution >= 4 is 20.8 Å². The third kappa shape index (κ3) is 1510. The molecule has 0 amide bonds. The Morgan fingerprint density at radius 1 is 0.800 bits per heavy atom. The quantitative estimate of drug-likeness (QED) is 0.276. The molecule has 4 N–H and O–H groups in total. The molecular weight excluding hydrogens is 299 g/mol. The largest absolute Gasteiger partial charge is 2.00 e. The molecule has 95 valence electrons. The van der Waals surface area contributed by atoms with Gasteiger partial charge in [-0.15, -0.1) is 0 Å². The molecule has 0 aliphatic heterocycles. The zero-order chi connectivity index (χ0) is 12.4. The van der Waals surface area contributed by atoms with Gasteiger partial charge in [0.25, 0.3) is 0 Å². The van der Waals surface area contributed by atoms with Crippen LogP contribution in [0.25, 0.3) is 0 Å². The Kier molecular flexibility index (Phi) is 19.9. The monoisotopic (exact) mass is 309 g/mol. The minimum absolute atomic E-state index is 0. The molecule has 0 spiro atoms. The third-order valence-electron chi connectivity index (χ3n) is 0.167. The molecule has 0 bridgehead atoms. The molecule has 0 aliphatic carbocycles. The van der Waals surface area contributed by atoms with E-state index in [1.165, 1.54) is 0 Å². The van der Waals surface area contributed by atoms with Gasteiger partial charge in [0.1, 0.15) is 0 Å². The summed E-state index contributed by atoms with van der Waals surface area (Å²) >= 11 is 0. The first-order valence-electron chi connectivity index (χ1n) is 2.65. The molecule has 1 radical (unpaired) electrons. The molecule has 0 fully saturated rings. The zero-order valence-electron chi connectivity index (χ0n) is 9.03. The molecule has 0 atom stereocenters. The Bertz CT molecular complexity index is 257. The van der Waals surface area contributed by atoms with Gasteiger partial charge < -0.3 is 29.7 Å². The van der Waals surface area contributed by atoms with Crippen molar-refractivity contribution in [2.24, 2.45) is 11.5 Å². The van der Waals surface area contributed by atoms with Crippen molar-refractivity contribution in [1.29, 1.82) is 0 Å². The molecule has 0 aliphatic rings. The summed E-state index contributed by atoms with van der Waals surface area (Å²) in [5.74, 6) is 0. The summed E-state index contributed by atoms with van der Waals surface area (Å²) in [6, 6.07) is 0. The van der Waals surface area contributed by atoms with Crippen LogP contribution in [0.3, 0.4) is 0 Å². The van der Waals surface area contributed by atoms with E-state index in [2.05, 4.69) is 0 Å². The molecule has 0 saturated carbocycles. The standard InChI is InChI=1S/C2H8N2.Mn.2H2O4S/c3-1-2-4;;2*1-5(2,3)4/h1-4H2;;2*(H2,1,2,3,4)/q;+2;;/p-2. The number of rotatable bonds is 1. The van der Waals surface area contributed by atoms with Crippen LogP contribution in [0.2, 0.25) is 0 Å². The molecule has 13 heteroatoms. The van der Waals surface area contributed by atoms with Crippen molar-refractivity contribution in [3.8, 4) is 0 Å². The first-order chi connectivity index (χ1) is 5.91. The van der Waals surface area contributed by atoms with Crippen molar-refractivity contribution in [2.75, 3.05) is 13.1 Å². The van der Waals surface area contributed by atoms with Gasteiger partial charge in [-0.25, -0.2) is 0 Å². The number of nitrogens with two attached hydrogens (primary N) is 2. The van der Waals surface area contributed by atoms with Crippen LogP contribution in [0.5, 0.6) is 0 Å². The van der Waals surface area contributed by atoms with E-state index in [1.807, 2.05) is 0 Å². The van der Waals surface area contributed by atoms with Crippen LogP contribution in [-0.4, -0.2) is 48.1 Å². The summed E-state index contributed by atoms with van der Waals surface area (Å²) in [5, 5.41) is 0. The molecule has 15 heavy (non-hydrogen) atoms. The molecule has 0 saturated heterocycles. The summed E-state index contributed by atoms with van der Waals surface area (Å²) in [5.41, 5.74) is 9.81. The Balaban J connectivity index is -0.0000000247. The maximum absolute atomic E-state index is 8.52. The summed E-state index contributed by atoms with van der Waals surface area (Å²) in [6.07, 6.45) is 0. The van der Waals surface area contributed by atoms with Gasteiger partial charge in [0.05, 0.1) is 0 Å². The summed E-state index contributed by atoms with van der Waals surface area (Å²) in [7, 11) is -10.3. The number of hydrogen-bond acceptors (Lipinski definition) is 10. The fraction of sp³-hybridized carbons (Fsp3) is 1.00. The molecule has 0 rings (SSSR count). The van der Waals surface area contributed by atoms with Crippen LogP contribution in [0.15, 0.2) is 0 Å². The van der Waals surface area contributed by atoms with Crippen molar-refractivity contribution in [3.05, 3.63) is 0 Å². The van der Waals surface area contributed by atoms with Crippen LogP contribution >= 0.6 is 0 Å². The Morgan fingerprint density at radius 2 is 0.867 bits per heavy atom. The zero-order valence-corrected chi connectivity index (χ0v) is 9.84. The average Bonchev–Trinajstić information content (AvgIpc) is 1.79. The van der Waals surface area contributed by atoms with E-state index in [0.717, 1.165) is 0 Å². The Labute approximate surface area is 101 Å². The summed E-state index contributed by atoms with van der Waals surface area (Å²) < 4.78 is 68.2. The smallest absolute Gasteiger partial charge is 0.759 e. The van der Waals surface area contributed by atoms with E-state index in [0.29, 0.717) is 13.1 Å². The predicted molar refractivity (Wildman–Crippen MR) is 41.3 cm³/mol. The van der Waals surface area contributed by atoms with Crippen LogP contribution in [0.4, 0.5) is 0 Å². The fourth-order valence-corrected chi connectivity index (χ4v) is 0. The van der Waals surface area contributed by atoms with Crippen molar-refractivity contribution in [3.63, 3.8) is 0 Å². The molecule has 0 aromatic heterocycles. The van der Waals surface area contributed by atoms with E-state index in [4.69, 9.17) is 46.5 Å². The van der Waals surface area contributed by atoms with Gasteiger partial charge in [0.15, 0.2) is 0 Å². The molecule has 0 heterocycles. The second-order valence-electron chi connectivity index (χ2n) is 1.39. The summed E-state index contributed by atoms with van der Waals surface area (Å²) in [4.78, 5) is 0. The minimum Gasteiger partial charge on any atom is -0.759 e. The average molecular weight is 309 g/mol. The molecular formula is C2H10MnN2O8S2. The van der Waals surface area contributed by atoms with Gasteiger partial charge in [0, 0.05) is 33.9 Å². The van der Waals surface area contributed by atoms with E-state index in [-0.39, 0.29) is 19.9 Å². The van der Waals surface area contributed by atoms with Crippen molar-refractivity contribution < 1.29 is 55.0 Å². The fourth-order valence-electron chi connectivity index (χ4n) is 0. The van der Waals surface area contributed by atoms with Gasteiger partial charge in [-0.2, -0.15) is 0 Å². The maximum atomic E-state index is 8.52. The second-order valence-corrected chi connectivity index (χ2v) is 3.03. The SMILES string of the molecule is NCCN.O=S(=O)([O-])[O-].O=S(=O)([O-])[O-].[H+].[H+].[Mn+2]. The topological polar surface area (TPSA) is 213 Å². The van der Waals surface area contributed by atoms with E-state index in [1.54, 1.807) is 0 Å². The van der Waals surface area contributed by atoms with Gasteiger partial charge in [0.2, 0.25) is 0 Å². The van der Waals surface area contributed by atoms with E-state index >= 15 is 0 Å².